The van der Waals surface area contributed by atoms with Crippen molar-refractivity contribution in [3.8, 4) is 0 Å². The zero-order chi connectivity index (χ0) is 14.8. The maximum absolute atomic E-state index is 12.0. The van der Waals surface area contributed by atoms with Crippen LogP contribution in [0, 0.1) is 0 Å². The van der Waals surface area contributed by atoms with Crippen LogP contribution in [0.1, 0.15) is 40.0 Å². The van der Waals surface area contributed by atoms with Crippen molar-refractivity contribution in [3.05, 3.63) is 0 Å². The van der Waals surface area contributed by atoms with Gasteiger partial charge in [-0.2, -0.15) is 0 Å². The molecule has 0 aromatic carbocycles. The van der Waals surface area contributed by atoms with Gasteiger partial charge in [-0.1, -0.05) is 0 Å². The normalized spacial score (nSPS) is 22.7. The van der Waals surface area contributed by atoms with E-state index in [1.54, 1.807) is 0 Å². The zero-order valence-corrected chi connectivity index (χ0v) is 13.3. The van der Waals surface area contributed by atoms with Crippen molar-refractivity contribution >= 4 is 6.09 Å². The summed E-state index contributed by atoms with van der Waals surface area (Å²) < 4.78 is 10.9. The Kier molecular flexibility index (Phi) is 4.59. The van der Waals surface area contributed by atoms with Crippen LogP contribution < -0.4 is 0 Å². The molecular formula is C15H28N2O3. The highest BCUT2D eigenvalue weighted by Crippen LogP contribution is 2.42. The lowest BCUT2D eigenvalue weighted by molar-refractivity contribution is 0.0111. The second-order valence-electron chi connectivity index (χ2n) is 6.95. The smallest absolute Gasteiger partial charge is 0.410 e. The van der Waals surface area contributed by atoms with Crippen LogP contribution in [0.15, 0.2) is 0 Å². The minimum atomic E-state index is -0.412. The molecule has 5 heteroatoms. The molecule has 1 saturated heterocycles. The predicted octanol–water partition coefficient (Wildman–Crippen LogP) is 2.11. The van der Waals surface area contributed by atoms with Crippen LogP contribution in [0.25, 0.3) is 0 Å². The largest absolute Gasteiger partial charge is 0.444 e. The van der Waals surface area contributed by atoms with E-state index in [-0.39, 0.29) is 11.7 Å². The number of ether oxygens (including phenoxy) is 2. The monoisotopic (exact) mass is 284 g/mol. The summed E-state index contributed by atoms with van der Waals surface area (Å²) in [7, 11) is 1.81. The van der Waals surface area contributed by atoms with Gasteiger partial charge < -0.3 is 14.4 Å². The van der Waals surface area contributed by atoms with Gasteiger partial charge in [-0.3, -0.25) is 4.90 Å². The molecule has 0 N–H and O–H groups in total. The van der Waals surface area contributed by atoms with Gasteiger partial charge in [0.25, 0.3) is 0 Å². The number of hydrogen-bond donors (Lipinski definition) is 0. The highest BCUT2D eigenvalue weighted by molar-refractivity contribution is 5.68. The molecule has 0 unspecified atom stereocenters. The van der Waals surface area contributed by atoms with Crippen LogP contribution in [-0.4, -0.2) is 66.9 Å². The number of rotatable bonds is 4. The van der Waals surface area contributed by atoms with Crippen molar-refractivity contribution in [1.29, 1.82) is 0 Å². The summed E-state index contributed by atoms with van der Waals surface area (Å²) in [6.07, 6.45) is 3.31. The summed E-state index contributed by atoms with van der Waals surface area (Å²) in [5.41, 5.74) is -0.243. The molecular weight excluding hydrogens is 256 g/mol. The van der Waals surface area contributed by atoms with Gasteiger partial charge in [0, 0.05) is 39.8 Å². The molecule has 5 nitrogen and oxygen atoms in total. The molecule has 1 amide bonds. The molecule has 0 aromatic rings. The van der Waals surface area contributed by atoms with E-state index in [1.807, 2.05) is 32.8 Å². The van der Waals surface area contributed by atoms with Gasteiger partial charge in [0.05, 0.1) is 5.60 Å². The van der Waals surface area contributed by atoms with Crippen molar-refractivity contribution in [1.82, 2.24) is 9.80 Å². The third kappa shape index (κ3) is 4.35. The molecule has 1 aliphatic carbocycles. The van der Waals surface area contributed by atoms with Gasteiger partial charge in [-0.15, -0.1) is 0 Å². The van der Waals surface area contributed by atoms with Gasteiger partial charge in [-0.25, -0.2) is 4.79 Å². The Morgan fingerprint density at radius 3 is 2.20 bits per heavy atom. The highest BCUT2D eigenvalue weighted by Gasteiger charge is 2.42. The average Bonchev–Trinajstić information content (AvgIpc) is 3.16. The van der Waals surface area contributed by atoms with E-state index < -0.39 is 5.60 Å². The maximum Gasteiger partial charge on any atom is 0.410 e. The lowest BCUT2D eigenvalue weighted by Crippen LogP contribution is -2.50. The van der Waals surface area contributed by atoms with Crippen molar-refractivity contribution in [2.75, 3.05) is 39.8 Å². The van der Waals surface area contributed by atoms with Gasteiger partial charge in [0.2, 0.25) is 0 Å². The van der Waals surface area contributed by atoms with E-state index in [2.05, 4.69) is 4.90 Å². The zero-order valence-electron chi connectivity index (χ0n) is 13.3. The Balaban J connectivity index is 1.68. The third-order valence-electron chi connectivity index (χ3n) is 4.15. The lowest BCUT2D eigenvalue weighted by Gasteiger charge is -2.36. The molecule has 116 valence electrons. The van der Waals surface area contributed by atoms with E-state index in [0.29, 0.717) is 0 Å². The van der Waals surface area contributed by atoms with Crippen LogP contribution in [0.3, 0.4) is 0 Å². The molecule has 2 fully saturated rings. The number of carbonyl (C=O) groups excluding carboxylic acids is 1. The SMILES string of the molecule is COC1(CCN2CCN(C(=O)OC(C)(C)C)CC2)CC1. The van der Waals surface area contributed by atoms with Crippen molar-refractivity contribution < 1.29 is 14.3 Å². The topological polar surface area (TPSA) is 42.0 Å². The minimum Gasteiger partial charge on any atom is -0.444 e. The van der Waals surface area contributed by atoms with Crippen LogP contribution in [-0.2, 0) is 9.47 Å². The Hall–Kier alpha value is -0.810. The quantitative estimate of drug-likeness (QED) is 0.793. The first-order valence-electron chi connectivity index (χ1n) is 7.59. The summed E-state index contributed by atoms with van der Waals surface area (Å²) >= 11 is 0. The molecule has 2 rings (SSSR count). The molecule has 0 spiro atoms. The first-order chi connectivity index (χ1) is 9.34. The highest BCUT2D eigenvalue weighted by atomic mass is 16.6. The maximum atomic E-state index is 12.0. The Morgan fingerprint density at radius 1 is 1.15 bits per heavy atom. The predicted molar refractivity (Wildman–Crippen MR) is 77.8 cm³/mol. The first-order valence-corrected chi connectivity index (χ1v) is 7.59. The van der Waals surface area contributed by atoms with E-state index in [1.165, 1.54) is 12.8 Å². The molecule has 0 bridgehead atoms. The summed E-state index contributed by atoms with van der Waals surface area (Å²) in [5, 5.41) is 0. The Bertz CT molecular complexity index is 340. The van der Waals surface area contributed by atoms with Gasteiger partial charge in [0.1, 0.15) is 5.60 Å². The number of amides is 1. The number of carbonyl (C=O) groups is 1. The van der Waals surface area contributed by atoms with Crippen LogP contribution >= 0.6 is 0 Å². The second-order valence-corrected chi connectivity index (χ2v) is 6.95. The number of piperazine rings is 1. The number of hydrogen-bond acceptors (Lipinski definition) is 4. The van der Waals surface area contributed by atoms with Crippen LogP contribution in [0.4, 0.5) is 4.79 Å². The van der Waals surface area contributed by atoms with E-state index in [9.17, 15) is 4.79 Å². The summed E-state index contributed by atoms with van der Waals surface area (Å²) in [6, 6.07) is 0. The molecule has 0 aromatic heterocycles. The molecule has 0 radical (unpaired) electrons. The number of nitrogens with zero attached hydrogens (tertiary/aromatic N) is 2. The van der Waals surface area contributed by atoms with Gasteiger partial charge in [0.15, 0.2) is 0 Å². The van der Waals surface area contributed by atoms with Crippen LogP contribution in [0.5, 0.6) is 0 Å². The first kappa shape index (κ1) is 15.6. The van der Waals surface area contributed by atoms with Crippen molar-refractivity contribution in [2.45, 2.75) is 51.2 Å². The fourth-order valence-corrected chi connectivity index (χ4v) is 2.54. The minimum absolute atomic E-state index is 0.169. The third-order valence-corrected chi connectivity index (χ3v) is 4.15. The fraction of sp³-hybridized carbons (Fsp3) is 0.933. The summed E-state index contributed by atoms with van der Waals surface area (Å²) in [6.45, 7) is 10.2. The molecule has 20 heavy (non-hydrogen) atoms. The molecule has 0 atom stereocenters. The Morgan fingerprint density at radius 2 is 1.75 bits per heavy atom. The summed E-state index contributed by atoms with van der Waals surface area (Å²) in [4.78, 5) is 16.2. The molecule has 1 saturated carbocycles. The molecule has 2 aliphatic rings. The Labute approximate surface area is 122 Å². The van der Waals surface area contributed by atoms with E-state index in [0.717, 1.165) is 39.1 Å². The van der Waals surface area contributed by atoms with Crippen LogP contribution in [0.2, 0.25) is 0 Å². The number of methoxy groups -OCH3 is 1. The molecule has 1 heterocycles. The van der Waals surface area contributed by atoms with Crippen molar-refractivity contribution in [3.63, 3.8) is 0 Å². The standard InChI is InChI=1S/C15H28N2O3/c1-14(2,3)20-13(18)17-11-9-16(10-12-17)8-7-15(19-4)5-6-15/h5-12H2,1-4H3. The van der Waals surface area contributed by atoms with E-state index in [4.69, 9.17) is 9.47 Å². The molecule has 1 aliphatic heterocycles. The van der Waals surface area contributed by atoms with Crippen molar-refractivity contribution in [2.24, 2.45) is 0 Å². The van der Waals surface area contributed by atoms with E-state index >= 15 is 0 Å². The second kappa shape index (κ2) is 5.90. The van der Waals surface area contributed by atoms with Gasteiger partial charge >= 0.3 is 6.09 Å². The average molecular weight is 284 g/mol. The fourth-order valence-electron chi connectivity index (χ4n) is 2.54. The summed E-state index contributed by atoms with van der Waals surface area (Å²) in [5.74, 6) is 0. The van der Waals surface area contributed by atoms with Gasteiger partial charge in [-0.05, 0) is 40.0 Å². The lowest BCUT2D eigenvalue weighted by atomic mass is 10.2.